The average Bonchev–Trinajstić information content (AvgIpc) is 2.58. The summed E-state index contributed by atoms with van der Waals surface area (Å²) in [5, 5.41) is 8.71. The van der Waals surface area contributed by atoms with Crippen molar-refractivity contribution in [2.75, 3.05) is 19.6 Å². The fourth-order valence-electron chi connectivity index (χ4n) is 3.41. The van der Waals surface area contributed by atoms with E-state index in [0.29, 0.717) is 6.04 Å². The third-order valence-corrected chi connectivity index (χ3v) is 4.25. The van der Waals surface area contributed by atoms with Crippen LogP contribution in [0.25, 0.3) is 0 Å². The van der Waals surface area contributed by atoms with Crippen molar-refractivity contribution < 1.29 is 9.90 Å². The van der Waals surface area contributed by atoms with Crippen LogP contribution in [0.2, 0.25) is 0 Å². The highest BCUT2D eigenvalue weighted by Gasteiger charge is 2.39. The van der Waals surface area contributed by atoms with Gasteiger partial charge in [-0.3, -0.25) is 9.69 Å². The number of carboxylic acids is 1. The Balaban J connectivity index is 1.85. The molecule has 0 aromatic rings. The molecule has 3 unspecified atom stereocenters. The van der Waals surface area contributed by atoms with Gasteiger partial charge in [-0.25, -0.2) is 0 Å². The van der Waals surface area contributed by atoms with E-state index in [1.165, 1.54) is 19.3 Å². The first kappa shape index (κ1) is 11.9. The van der Waals surface area contributed by atoms with E-state index < -0.39 is 5.97 Å². The van der Waals surface area contributed by atoms with Gasteiger partial charge in [-0.15, -0.1) is 0 Å². The van der Waals surface area contributed by atoms with Crippen LogP contribution in [0.3, 0.4) is 0 Å². The summed E-state index contributed by atoms with van der Waals surface area (Å²) in [5.74, 6) is 0.882. The number of hydrogen-bond acceptors (Lipinski definition) is 3. The topological polar surface area (TPSA) is 66.6 Å². The molecule has 16 heavy (non-hydrogen) atoms. The Morgan fingerprint density at radius 3 is 2.94 bits per heavy atom. The summed E-state index contributed by atoms with van der Waals surface area (Å²) in [5.41, 5.74) is 5.63. The second kappa shape index (κ2) is 5.15. The van der Waals surface area contributed by atoms with Crippen LogP contribution in [0.5, 0.6) is 0 Å². The Bertz CT molecular complexity index is 257. The number of fused-ring (bicyclic) bond motifs is 2. The standard InChI is InChI=1S/C12H22N2O2/c13-5-3-9-1-2-11-7-10(9)8-14(11)6-4-12(15)16/h9-11H,1-8,13H2,(H,15,16). The first-order valence-corrected chi connectivity index (χ1v) is 6.36. The number of aliphatic carboxylic acids is 1. The Morgan fingerprint density at radius 2 is 2.25 bits per heavy atom. The second-order valence-corrected chi connectivity index (χ2v) is 5.20. The van der Waals surface area contributed by atoms with Gasteiger partial charge in [0.1, 0.15) is 0 Å². The zero-order valence-electron chi connectivity index (χ0n) is 9.77. The van der Waals surface area contributed by atoms with Crippen LogP contribution in [-0.2, 0) is 4.79 Å². The molecule has 92 valence electrons. The van der Waals surface area contributed by atoms with E-state index in [-0.39, 0.29) is 6.42 Å². The number of nitrogens with two attached hydrogens (primary N) is 1. The Kier molecular flexibility index (Phi) is 3.82. The van der Waals surface area contributed by atoms with Crippen molar-refractivity contribution in [1.82, 2.24) is 4.90 Å². The quantitative estimate of drug-likeness (QED) is 0.731. The molecule has 1 saturated heterocycles. The lowest BCUT2D eigenvalue weighted by Crippen LogP contribution is -2.31. The summed E-state index contributed by atoms with van der Waals surface area (Å²) in [6.45, 7) is 2.62. The summed E-state index contributed by atoms with van der Waals surface area (Å²) < 4.78 is 0. The highest BCUT2D eigenvalue weighted by Crippen LogP contribution is 2.40. The lowest BCUT2D eigenvalue weighted by molar-refractivity contribution is -0.137. The molecule has 0 amide bonds. The molecule has 0 spiro atoms. The maximum absolute atomic E-state index is 10.6. The van der Waals surface area contributed by atoms with E-state index in [1.807, 2.05) is 0 Å². The molecule has 3 atom stereocenters. The van der Waals surface area contributed by atoms with Crippen LogP contribution in [0.4, 0.5) is 0 Å². The van der Waals surface area contributed by atoms with Crippen LogP contribution in [0.1, 0.15) is 32.1 Å². The van der Waals surface area contributed by atoms with Gasteiger partial charge in [0, 0.05) is 19.1 Å². The minimum Gasteiger partial charge on any atom is -0.481 e. The van der Waals surface area contributed by atoms with Gasteiger partial charge in [0.15, 0.2) is 0 Å². The van der Waals surface area contributed by atoms with Crippen molar-refractivity contribution in [2.24, 2.45) is 17.6 Å². The van der Waals surface area contributed by atoms with Crippen molar-refractivity contribution in [1.29, 1.82) is 0 Å². The van der Waals surface area contributed by atoms with Crippen LogP contribution < -0.4 is 5.73 Å². The van der Waals surface area contributed by atoms with Gasteiger partial charge in [-0.05, 0) is 44.1 Å². The van der Waals surface area contributed by atoms with Crippen molar-refractivity contribution in [2.45, 2.75) is 38.1 Å². The predicted octanol–water partition coefficient (Wildman–Crippen LogP) is 0.910. The maximum atomic E-state index is 10.6. The summed E-state index contributed by atoms with van der Waals surface area (Å²) in [6.07, 6.45) is 5.22. The summed E-state index contributed by atoms with van der Waals surface area (Å²) >= 11 is 0. The minimum absolute atomic E-state index is 0.283. The molecule has 0 radical (unpaired) electrons. The SMILES string of the molecule is NCCC1CCC2CC1CN2CCC(=O)O. The molecule has 1 aliphatic heterocycles. The Labute approximate surface area is 96.8 Å². The molecule has 2 aliphatic rings. The zero-order chi connectivity index (χ0) is 11.5. The Hall–Kier alpha value is -0.610. The summed E-state index contributed by atoms with van der Waals surface area (Å²) in [7, 11) is 0. The molecular formula is C12H22N2O2. The van der Waals surface area contributed by atoms with Gasteiger partial charge in [0.2, 0.25) is 0 Å². The largest absolute Gasteiger partial charge is 0.481 e. The van der Waals surface area contributed by atoms with Crippen LogP contribution in [-0.4, -0.2) is 41.7 Å². The van der Waals surface area contributed by atoms with E-state index in [4.69, 9.17) is 10.8 Å². The fraction of sp³-hybridized carbons (Fsp3) is 0.917. The first-order chi connectivity index (χ1) is 7.70. The number of carbonyl (C=O) groups is 1. The first-order valence-electron chi connectivity index (χ1n) is 6.36. The highest BCUT2D eigenvalue weighted by molar-refractivity contribution is 5.66. The summed E-state index contributed by atoms with van der Waals surface area (Å²) in [4.78, 5) is 13.0. The smallest absolute Gasteiger partial charge is 0.304 e. The third-order valence-electron chi connectivity index (χ3n) is 4.25. The van der Waals surface area contributed by atoms with Gasteiger partial charge in [-0.2, -0.15) is 0 Å². The van der Waals surface area contributed by atoms with Crippen molar-refractivity contribution in [3.05, 3.63) is 0 Å². The average molecular weight is 226 g/mol. The molecule has 0 aromatic carbocycles. The lowest BCUT2D eigenvalue weighted by Gasteiger charge is -2.28. The number of likely N-dealkylation sites (tertiary alicyclic amines) is 1. The molecule has 2 rings (SSSR count). The van der Waals surface area contributed by atoms with E-state index in [9.17, 15) is 4.79 Å². The van der Waals surface area contributed by atoms with E-state index in [1.54, 1.807) is 0 Å². The molecule has 2 fully saturated rings. The molecule has 0 aromatic heterocycles. The minimum atomic E-state index is -0.681. The highest BCUT2D eigenvalue weighted by atomic mass is 16.4. The molecule has 1 aliphatic carbocycles. The maximum Gasteiger partial charge on any atom is 0.304 e. The van der Waals surface area contributed by atoms with Gasteiger partial charge < -0.3 is 10.8 Å². The molecule has 2 bridgehead atoms. The number of hydrogen-bond donors (Lipinski definition) is 2. The van der Waals surface area contributed by atoms with E-state index in [2.05, 4.69) is 4.90 Å². The molecular weight excluding hydrogens is 204 g/mol. The predicted molar refractivity (Wildman–Crippen MR) is 62.1 cm³/mol. The van der Waals surface area contributed by atoms with Crippen LogP contribution >= 0.6 is 0 Å². The molecule has 1 heterocycles. The summed E-state index contributed by atoms with van der Waals surface area (Å²) in [6, 6.07) is 0.651. The third kappa shape index (κ3) is 2.55. The van der Waals surface area contributed by atoms with E-state index in [0.717, 1.165) is 37.9 Å². The molecule has 4 nitrogen and oxygen atoms in total. The number of nitrogens with zero attached hydrogens (tertiary/aromatic N) is 1. The van der Waals surface area contributed by atoms with Gasteiger partial charge in [0.05, 0.1) is 6.42 Å². The normalized spacial score (nSPS) is 34.2. The second-order valence-electron chi connectivity index (χ2n) is 5.20. The molecule has 1 saturated carbocycles. The molecule has 3 N–H and O–H groups in total. The fourth-order valence-corrected chi connectivity index (χ4v) is 3.41. The molecule has 4 heteroatoms. The lowest BCUT2D eigenvalue weighted by atomic mass is 9.78. The van der Waals surface area contributed by atoms with Crippen LogP contribution in [0, 0.1) is 11.8 Å². The van der Waals surface area contributed by atoms with Gasteiger partial charge in [0.25, 0.3) is 0 Å². The van der Waals surface area contributed by atoms with Crippen LogP contribution in [0.15, 0.2) is 0 Å². The number of carboxylic acid groups (broad SMARTS) is 1. The Morgan fingerprint density at radius 1 is 1.44 bits per heavy atom. The monoisotopic (exact) mass is 226 g/mol. The van der Waals surface area contributed by atoms with Crippen molar-refractivity contribution >= 4 is 5.97 Å². The van der Waals surface area contributed by atoms with E-state index >= 15 is 0 Å². The van der Waals surface area contributed by atoms with Crippen molar-refractivity contribution in [3.63, 3.8) is 0 Å². The van der Waals surface area contributed by atoms with Gasteiger partial charge >= 0.3 is 5.97 Å². The number of rotatable bonds is 5. The van der Waals surface area contributed by atoms with Gasteiger partial charge in [-0.1, -0.05) is 0 Å². The zero-order valence-corrected chi connectivity index (χ0v) is 9.77. The van der Waals surface area contributed by atoms with Crippen molar-refractivity contribution in [3.8, 4) is 0 Å².